The number of aliphatic carboxylic acids is 1. The molecule has 0 aliphatic rings. The van der Waals surface area contributed by atoms with Crippen molar-refractivity contribution in [1.82, 2.24) is 0 Å². The molecule has 0 aliphatic heterocycles. The summed E-state index contributed by atoms with van der Waals surface area (Å²) in [7, 11) is 5.38. The fourth-order valence-electron chi connectivity index (χ4n) is 6.99. The van der Waals surface area contributed by atoms with Crippen LogP contribution >= 0.6 is 0 Å². The summed E-state index contributed by atoms with van der Waals surface area (Å²) < 4.78 is 17.2. The number of carboxylic acids is 1. The predicted octanol–water partition coefficient (Wildman–Crippen LogP) is 13.9. The van der Waals surface area contributed by atoms with Gasteiger partial charge in [0.1, 0.15) is 12.6 Å². The van der Waals surface area contributed by atoms with Crippen molar-refractivity contribution in [1.29, 1.82) is 0 Å². The smallest absolute Gasteiger partial charge is 0.306 e. The van der Waals surface area contributed by atoms with Gasteiger partial charge in [-0.15, -0.1) is 0 Å². The number of allylic oxidation sites excluding steroid dienone is 18. The molecule has 8 heteroatoms. The standard InChI is InChI=1S/C58H95NO7/c1-6-8-10-12-14-16-18-20-22-24-26-27-28-29-31-32-34-36-38-40-42-44-46-48-56(60)65-53-54(52-64-51-50-55(58(62)63)59(3,4)5)66-57(61)49-47-45-43-41-39-37-35-33-30-25-23-21-19-17-15-13-11-9-7-2/h8-11,14-17,20-23,30,33,37,39,43,45,54-55H,6-7,12-13,18-19,24-29,31-32,34-36,38,40-42,44,46-53H2,1-5H3/b10-8+,11-9+,16-14+,17-15+,22-20+,23-21+,33-30+,39-37+,45-43+. The molecule has 0 aromatic rings. The lowest BCUT2D eigenvalue weighted by molar-refractivity contribution is -0.889. The summed E-state index contributed by atoms with van der Waals surface area (Å²) >= 11 is 0. The third-order valence-electron chi connectivity index (χ3n) is 10.9. The van der Waals surface area contributed by atoms with Gasteiger partial charge in [-0.25, -0.2) is 0 Å². The molecule has 2 unspecified atom stereocenters. The zero-order chi connectivity index (χ0) is 48.4. The van der Waals surface area contributed by atoms with Gasteiger partial charge in [-0.3, -0.25) is 9.59 Å². The van der Waals surface area contributed by atoms with Gasteiger partial charge in [0.25, 0.3) is 0 Å². The Bertz CT molecular complexity index is 1440. The van der Waals surface area contributed by atoms with Crippen molar-refractivity contribution in [2.45, 2.75) is 199 Å². The van der Waals surface area contributed by atoms with Gasteiger partial charge in [0.15, 0.2) is 6.10 Å². The molecule has 0 radical (unpaired) electrons. The summed E-state index contributed by atoms with van der Waals surface area (Å²) in [6, 6.07) is -0.746. The molecule has 0 N–H and O–H groups in total. The highest BCUT2D eigenvalue weighted by Crippen LogP contribution is 2.15. The Morgan fingerprint density at radius 2 is 0.833 bits per heavy atom. The second-order valence-corrected chi connectivity index (χ2v) is 18.0. The van der Waals surface area contributed by atoms with Crippen LogP contribution in [0.2, 0.25) is 0 Å². The normalized spacial score (nSPS) is 13.8. The average molecular weight is 918 g/mol. The highest BCUT2D eigenvalue weighted by atomic mass is 16.6. The first-order chi connectivity index (χ1) is 32.1. The van der Waals surface area contributed by atoms with E-state index >= 15 is 0 Å². The van der Waals surface area contributed by atoms with Gasteiger partial charge in [0.2, 0.25) is 0 Å². The summed E-state index contributed by atoms with van der Waals surface area (Å²) in [6.45, 7) is 4.35. The van der Waals surface area contributed by atoms with Crippen molar-refractivity contribution in [3.05, 3.63) is 109 Å². The molecule has 0 aliphatic carbocycles. The highest BCUT2D eigenvalue weighted by molar-refractivity contribution is 5.70. The third-order valence-corrected chi connectivity index (χ3v) is 10.9. The molecule has 0 aromatic heterocycles. The Hall–Kier alpha value is -4.01. The van der Waals surface area contributed by atoms with E-state index < -0.39 is 24.1 Å². The minimum absolute atomic E-state index is 0.00405. The van der Waals surface area contributed by atoms with Gasteiger partial charge in [0, 0.05) is 19.3 Å². The molecule has 0 saturated heterocycles. The first-order valence-corrected chi connectivity index (χ1v) is 25.9. The van der Waals surface area contributed by atoms with Gasteiger partial charge in [-0.1, -0.05) is 194 Å². The largest absolute Gasteiger partial charge is 0.544 e. The first kappa shape index (κ1) is 62.0. The second-order valence-electron chi connectivity index (χ2n) is 18.0. The Balaban J connectivity index is 4.33. The zero-order valence-electron chi connectivity index (χ0n) is 42.6. The van der Waals surface area contributed by atoms with Gasteiger partial charge in [-0.05, 0) is 83.5 Å². The van der Waals surface area contributed by atoms with E-state index in [1.807, 2.05) is 12.2 Å². The molecular weight excluding hydrogens is 823 g/mol. The molecule has 8 nitrogen and oxygen atoms in total. The summed E-state index contributed by atoms with van der Waals surface area (Å²) in [5, 5.41) is 11.7. The van der Waals surface area contributed by atoms with Crippen molar-refractivity contribution >= 4 is 17.9 Å². The molecule has 0 heterocycles. The molecule has 0 rings (SSSR count). The number of unbranched alkanes of at least 4 members (excludes halogenated alkanes) is 13. The molecule has 0 saturated carbocycles. The van der Waals surface area contributed by atoms with Crippen molar-refractivity contribution in [2.75, 3.05) is 41.0 Å². The van der Waals surface area contributed by atoms with Crippen LogP contribution in [0.5, 0.6) is 0 Å². The van der Waals surface area contributed by atoms with Crippen LogP contribution < -0.4 is 5.11 Å². The lowest BCUT2D eigenvalue weighted by Crippen LogP contribution is -2.55. The number of quaternary nitrogens is 1. The van der Waals surface area contributed by atoms with Crippen LogP contribution in [0.1, 0.15) is 187 Å². The minimum atomic E-state index is -1.14. The predicted molar refractivity (Wildman–Crippen MR) is 277 cm³/mol. The van der Waals surface area contributed by atoms with Crippen LogP contribution in [0.4, 0.5) is 0 Å². The van der Waals surface area contributed by atoms with E-state index in [2.05, 4.69) is 111 Å². The van der Waals surface area contributed by atoms with Gasteiger partial charge in [-0.2, -0.15) is 0 Å². The van der Waals surface area contributed by atoms with Gasteiger partial charge in [0.05, 0.1) is 40.3 Å². The zero-order valence-corrected chi connectivity index (χ0v) is 42.6. The van der Waals surface area contributed by atoms with E-state index in [-0.39, 0.29) is 43.1 Å². The van der Waals surface area contributed by atoms with Crippen molar-refractivity contribution in [3.8, 4) is 0 Å². The quantitative estimate of drug-likeness (QED) is 0.0259. The molecule has 374 valence electrons. The lowest BCUT2D eigenvalue weighted by atomic mass is 10.0. The number of likely N-dealkylation sites (N-methyl/N-ethyl adjacent to an activating group) is 1. The third kappa shape index (κ3) is 45.2. The van der Waals surface area contributed by atoms with Crippen molar-refractivity contribution in [2.24, 2.45) is 0 Å². The lowest BCUT2D eigenvalue weighted by Gasteiger charge is -2.34. The SMILES string of the molecule is CC/C=C/C/C=C/C/C=C/C/C=C/C/C=C/C/C=C/CCC(=O)OC(COCCC(C(=O)[O-])[N+](C)(C)C)COC(=O)CCCCCCCCCCCCCCC/C=C/C/C=C/C/C=C/CC. The van der Waals surface area contributed by atoms with E-state index in [0.717, 1.165) is 77.0 Å². The molecule has 0 aromatic carbocycles. The molecule has 0 bridgehead atoms. The monoisotopic (exact) mass is 918 g/mol. The average Bonchev–Trinajstić information content (AvgIpc) is 3.28. The maximum Gasteiger partial charge on any atom is 0.306 e. The number of carboxylic acid groups (broad SMARTS) is 1. The van der Waals surface area contributed by atoms with Crippen LogP contribution in [0.3, 0.4) is 0 Å². The van der Waals surface area contributed by atoms with E-state index in [0.29, 0.717) is 12.8 Å². The number of nitrogens with zero attached hydrogens (tertiary/aromatic N) is 1. The Morgan fingerprint density at radius 3 is 1.24 bits per heavy atom. The van der Waals surface area contributed by atoms with Gasteiger partial charge < -0.3 is 28.6 Å². The summed E-state index contributed by atoms with van der Waals surface area (Å²) in [5.74, 6) is -1.85. The fourth-order valence-corrected chi connectivity index (χ4v) is 6.99. The molecular formula is C58H95NO7. The maximum absolute atomic E-state index is 12.7. The molecule has 0 fully saturated rings. The van der Waals surface area contributed by atoms with Crippen LogP contribution in [-0.2, 0) is 28.6 Å². The Morgan fingerprint density at radius 1 is 0.455 bits per heavy atom. The van der Waals surface area contributed by atoms with E-state index in [4.69, 9.17) is 14.2 Å². The van der Waals surface area contributed by atoms with Crippen LogP contribution in [-0.4, -0.2) is 75.5 Å². The number of carbonyl (C=O) groups is 3. The second kappa shape index (κ2) is 47.5. The topological polar surface area (TPSA) is 102 Å². The number of esters is 2. The molecule has 66 heavy (non-hydrogen) atoms. The van der Waals surface area contributed by atoms with E-state index in [9.17, 15) is 19.5 Å². The van der Waals surface area contributed by atoms with E-state index in [1.165, 1.54) is 70.6 Å². The Labute approximate surface area is 404 Å². The van der Waals surface area contributed by atoms with Crippen molar-refractivity contribution < 1.29 is 38.2 Å². The Kier molecular flexibility index (Phi) is 44.6. The first-order valence-electron chi connectivity index (χ1n) is 25.9. The number of hydrogen-bond acceptors (Lipinski definition) is 7. The fraction of sp³-hybridized carbons (Fsp3) is 0.638. The molecule has 0 spiro atoms. The maximum atomic E-state index is 12.7. The number of rotatable bonds is 45. The highest BCUT2D eigenvalue weighted by Gasteiger charge is 2.25. The summed E-state index contributed by atoms with van der Waals surface area (Å²) in [5.41, 5.74) is 0. The summed E-state index contributed by atoms with van der Waals surface area (Å²) in [4.78, 5) is 37.0. The number of carbonyl (C=O) groups excluding carboxylic acids is 3. The molecule has 2 atom stereocenters. The molecule has 0 amide bonds. The number of hydrogen-bond donors (Lipinski definition) is 0. The van der Waals surface area contributed by atoms with Crippen molar-refractivity contribution in [3.63, 3.8) is 0 Å². The van der Waals surface area contributed by atoms with Gasteiger partial charge >= 0.3 is 11.9 Å². The number of ether oxygens (including phenoxy) is 3. The van der Waals surface area contributed by atoms with Crippen LogP contribution in [0, 0.1) is 0 Å². The minimum Gasteiger partial charge on any atom is -0.544 e. The van der Waals surface area contributed by atoms with Crippen LogP contribution in [0.25, 0.3) is 0 Å². The van der Waals surface area contributed by atoms with E-state index in [1.54, 1.807) is 21.1 Å². The summed E-state index contributed by atoms with van der Waals surface area (Å²) in [6.07, 6.45) is 65.7. The van der Waals surface area contributed by atoms with Crippen LogP contribution in [0.15, 0.2) is 109 Å².